The fraction of sp³-hybridized carbons (Fsp3) is 0.440. The maximum Gasteiger partial charge on any atom is 2.00 e. The van der Waals surface area contributed by atoms with E-state index in [1.165, 1.54) is 22.3 Å². The molecule has 61 heavy (non-hydrogen) atoms. The molecule has 0 heterocycles. The topological polar surface area (TPSA) is 164 Å². The van der Waals surface area contributed by atoms with E-state index in [-0.39, 0.29) is 63.2 Å². The van der Waals surface area contributed by atoms with Gasteiger partial charge < -0.3 is 29.9 Å². The van der Waals surface area contributed by atoms with E-state index in [1.807, 2.05) is 55.4 Å². The van der Waals surface area contributed by atoms with E-state index >= 15 is 0 Å². The third kappa shape index (κ3) is 15.1. The number of para-hydroxylation sites is 2. The molecule has 0 radical (unpaired) electrons. The molecule has 334 valence electrons. The second-order valence-electron chi connectivity index (χ2n) is 16.9. The molecule has 0 saturated carbocycles. The molecule has 4 aromatic rings. The normalized spacial score (nSPS) is 11.6. The molecule has 0 aliphatic carbocycles. The first kappa shape index (κ1) is 53.9. The third-order valence-corrected chi connectivity index (χ3v) is 10.1. The number of hydrogen-bond donors (Lipinski definition) is 2. The Kier molecular flexibility index (Phi) is 21.5. The van der Waals surface area contributed by atoms with Crippen molar-refractivity contribution in [3.05, 3.63) is 105 Å². The monoisotopic (exact) mass is 880 g/mol. The molecule has 11 heteroatoms. The van der Waals surface area contributed by atoms with Gasteiger partial charge in [-0.1, -0.05) is 155 Å². The van der Waals surface area contributed by atoms with Crippen LogP contribution in [0.25, 0.3) is 0 Å². The summed E-state index contributed by atoms with van der Waals surface area (Å²) in [7, 11) is 0. The molecule has 0 saturated heterocycles. The summed E-state index contributed by atoms with van der Waals surface area (Å²) in [5.41, 5.74) is 11.5. The third-order valence-electron chi connectivity index (χ3n) is 10.1. The Morgan fingerprint density at radius 1 is 0.475 bits per heavy atom. The maximum absolute atomic E-state index is 12.1. The largest absolute Gasteiger partial charge is 2.00 e. The molecule has 2 N–H and O–H groups in total. The number of rotatable bonds is 11. The SMILES string of the molecule is CC(=Nc1c(C)cccc1C)C(C)=Nc1c(C(C)C)cccc1C(C)C.CC(C)c1ccc(C(C)C)c(OC(=O)O)c1[O-].CC(C)c1ccc(C(C)C)c(OC(=O)O)c1[O-].[Ni+2]. The molecule has 0 aliphatic heterocycles. The van der Waals surface area contributed by atoms with Gasteiger partial charge in [0.2, 0.25) is 0 Å². The van der Waals surface area contributed by atoms with Crippen LogP contribution < -0.4 is 19.7 Å². The molecule has 4 rings (SSSR count). The molecule has 4 aromatic carbocycles. The number of aliphatic imine (C=N–C) groups is 2. The van der Waals surface area contributed by atoms with Crippen molar-refractivity contribution in [2.75, 3.05) is 0 Å². The minimum Gasteiger partial charge on any atom is -0.870 e. The number of carboxylic acid groups (broad SMARTS) is 2. The van der Waals surface area contributed by atoms with Crippen molar-refractivity contribution in [2.24, 2.45) is 9.98 Å². The van der Waals surface area contributed by atoms with Gasteiger partial charge in [0, 0.05) is 0 Å². The number of benzene rings is 4. The Balaban J connectivity index is 0.000000471. The molecule has 0 atom stereocenters. The van der Waals surface area contributed by atoms with Crippen LogP contribution in [0.2, 0.25) is 0 Å². The first-order valence-electron chi connectivity index (χ1n) is 20.7. The second kappa shape index (κ2) is 24.3. The van der Waals surface area contributed by atoms with E-state index in [9.17, 15) is 19.8 Å². The van der Waals surface area contributed by atoms with Gasteiger partial charge in [-0.2, -0.15) is 0 Å². The zero-order chi connectivity index (χ0) is 45.8. The maximum atomic E-state index is 12.1. The van der Waals surface area contributed by atoms with Crippen molar-refractivity contribution in [1.29, 1.82) is 0 Å². The van der Waals surface area contributed by atoms with Crippen LogP contribution in [0.5, 0.6) is 23.0 Å². The molecule has 0 bridgehead atoms. The summed E-state index contributed by atoms with van der Waals surface area (Å²) < 4.78 is 9.26. The number of carbonyl (C=O) groups is 2. The summed E-state index contributed by atoms with van der Waals surface area (Å²) in [5.74, 6) is 0.281. The van der Waals surface area contributed by atoms with Crippen molar-refractivity contribution in [1.82, 2.24) is 0 Å². The molecule has 0 aliphatic rings. The van der Waals surface area contributed by atoms with Crippen LogP contribution in [0.3, 0.4) is 0 Å². The van der Waals surface area contributed by atoms with Crippen LogP contribution >= 0.6 is 0 Å². The van der Waals surface area contributed by atoms with Crippen LogP contribution in [0.15, 0.2) is 70.6 Å². The van der Waals surface area contributed by atoms with E-state index in [1.54, 1.807) is 24.3 Å². The summed E-state index contributed by atoms with van der Waals surface area (Å²) in [6, 6.07) is 19.9. The predicted molar refractivity (Wildman–Crippen MR) is 242 cm³/mol. The number of nitrogens with zero attached hydrogens (tertiary/aromatic N) is 2. The zero-order valence-electron chi connectivity index (χ0n) is 38.8. The smallest absolute Gasteiger partial charge is 0.870 e. The number of ether oxygens (including phenoxy) is 2. The fourth-order valence-corrected chi connectivity index (χ4v) is 6.51. The van der Waals surface area contributed by atoms with E-state index in [0.717, 1.165) is 22.8 Å². The summed E-state index contributed by atoms with van der Waals surface area (Å²) >= 11 is 0. The van der Waals surface area contributed by atoms with Crippen molar-refractivity contribution in [3.8, 4) is 23.0 Å². The summed E-state index contributed by atoms with van der Waals surface area (Å²) in [5, 5.41) is 41.5. The Hall–Kier alpha value is -5.15. The van der Waals surface area contributed by atoms with E-state index < -0.39 is 12.3 Å². The van der Waals surface area contributed by atoms with Gasteiger partial charge in [-0.15, -0.1) is 0 Å². The van der Waals surface area contributed by atoms with Crippen molar-refractivity contribution < 1.29 is 56.0 Å². The van der Waals surface area contributed by atoms with Crippen LogP contribution in [0.1, 0.15) is 177 Å². The molecular formula is C50H66N2NiO8. The average Bonchev–Trinajstić information content (AvgIpc) is 3.14. The van der Waals surface area contributed by atoms with Gasteiger partial charge in [0.15, 0.2) is 0 Å². The average molecular weight is 882 g/mol. The van der Waals surface area contributed by atoms with Crippen LogP contribution in [0, 0.1) is 13.8 Å². The minimum absolute atomic E-state index is 0. The van der Waals surface area contributed by atoms with Gasteiger partial charge >= 0.3 is 28.8 Å². The summed E-state index contributed by atoms with van der Waals surface area (Å²) in [6.07, 6.45) is -2.91. The van der Waals surface area contributed by atoms with Crippen molar-refractivity contribution in [2.45, 2.75) is 146 Å². The zero-order valence-corrected chi connectivity index (χ0v) is 39.8. The summed E-state index contributed by atoms with van der Waals surface area (Å²) in [6.45, 7) is 32.3. The molecule has 0 fully saturated rings. The van der Waals surface area contributed by atoms with Crippen molar-refractivity contribution >= 4 is 35.1 Å². The number of hydrogen-bond acceptors (Lipinski definition) is 8. The minimum atomic E-state index is -1.45. The first-order valence-corrected chi connectivity index (χ1v) is 20.7. The summed E-state index contributed by atoms with van der Waals surface area (Å²) in [4.78, 5) is 31.2. The van der Waals surface area contributed by atoms with Crippen LogP contribution in [-0.2, 0) is 16.5 Å². The number of aryl methyl sites for hydroxylation is 2. The fourth-order valence-electron chi connectivity index (χ4n) is 6.51. The van der Waals surface area contributed by atoms with Gasteiger partial charge in [0.05, 0.1) is 22.8 Å². The van der Waals surface area contributed by atoms with E-state index in [2.05, 4.69) is 101 Å². The second-order valence-corrected chi connectivity index (χ2v) is 16.9. The van der Waals surface area contributed by atoms with Gasteiger partial charge in [0.1, 0.15) is 11.5 Å². The van der Waals surface area contributed by atoms with Crippen LogP contribution in [-0.4, -0.2) is 33.9 Å². The van der Waals surface area contributed by atoms with E-state index in [0.29, 0.717) is 34.1 Å². The van der Waals surface area contributed by atoms with Crippen LogP contribution in [0.4, 0.5) is 21.0 Å². The molecule has 0 amide bonds. The van der Waals surface area contributed by atoms with Gasteiger partial charge in [-0.3, -0.25) is 9.98 Å². The Morgan fingerprint density at radius 2 is 0.754 bits per heavy atom. The van der Waals surface area contributed by atoms with E-state index in [4.69, 9.17) is 20.2 Å². The Labute approximate surface area is 374 Å². The van der Waals surface area contributed by atoms with Crippen molar-refractivity contribution in [3.63, 3.8) is 0 Å². The predicted octanol–water partition coefficient (Wildman–Crippen LogP) is 13.6. The molecular weight excluding hydrogens is 815 g/mol. The molecule has 10 nitrogen and oxygen atoms in total. The molecule has 0 spiro atoms. The molecule has 0 aromatic heterocycles. The Morgan fingerprint density at radius 3 is 1.05 bits per heavy atom. The van der Waals surface area contributed by atoms with Gasteiger partial charge in [0.25, 0.3) is 0 Å². The standard InChI is InChI=1S/C24H32N2.2C13H18O4.Ni/c1-15(2)21-13-10-14-22(16(3)4)24(21)26-20(8)19(7)25-23-17(5)11-9-12-18(23)6;2*1-7(2)9-5-6-10(8(3)4)12(11(9)14)17-13(15)16;/h9-16H,1-8H3;2*5-8,14H,1-4H3,(H,15,16);/q;;;+2/p-2. The first-order chi connectivity index (χ1) is 27.9. The van der Waals surface area contributed by atoms with Gasteiger partial charge in [-0.25, -0.2) is 9.59 Å². The Bertz CT molecular complexity index is 2040. The van der Waals surface area contributed by atoms with Gasteiger partial charge in [-0.05, 0) is 108 Å². The quantitative estimate of drug-likeness (QED) is 0.0650. The molecule has 0 unspecified atom stereocenters.